The van der Waals surface area contributed by atoms with Gasteiger partial charge in [0.25, 0.3) is 11.1 Å². The SMILES string of the molecule is CCCOC(=O)c1cc(NC(=O)CN2C(=O)S/C(=C\c3cn(CC(=O)Nc4ccc(F)cc4)c4ccccc34)C2=O)ccc1Cl. The molecule has 0 unspecified atom stereocenters. The first kappa shape index (κ1) is 31.5. The van der Waals surface area contributed by atoms with E-state index in [1.807, 2.05) is 31.2 Å². The lowest BCUT2D eigenvalue weighted by molar-refractivity contribution is -0.127. The molecule has 1 aliphatic rings. The molecule has 230 valence electrons. The lowest BCUT2D eigenvalue weighted by atomic mass is 10.1. The number of para-hydroxylation sites is 1. The van der Waals surface area contributed by atoms with Crippen LogP contribution in [0.15, 0.2) is 77.8 Å². The fourth-order valence-electron chi connectivity index (χ4n) is 4.56. The van der Waals surface area contributed by atoms with Crippen LogP contribution in [0, 0.1) is 5.82 Å². The van der Waals surface area contributed by atoms with Gasteiger partial charge in [0, 0.05) is 34.0 Å². The summed E-state index contributed by atoms with van der Waals surface area (Å²) in [5.41, 5.74) is 2.08. The largest absolute Gasteiger partial charge is 0.462 e. The lowest BCUT2D eigenvalue weighted by Gasteiger charge is -2.13. The van der Waals surface area contributed by atoms with E-state index in [0.29, 0.717) is 29.4 Å². The van der Waals surface area contributed by atoms with Gasteiger partial charge in [-0.05, 0) is 72.8 Å². The summed E-state index contributed by atoms with van der Waals surface area (Å²) >= 11 is 6.81. The van der Waals surface area contributed by atoms with Crippen LogP contribution in [-0.4, -0.2) is 51.5 Å². The zero-order chi connectivity index (χ0) is 32.1. The molecule has 10 nitrogen and oxygen atoms in total. The number of carbonyl (C=O) groups excluding carboxylic acids is 5. The summed E-state index contributed by atoms with van der Waals surface area (Å²) in [7, 11) is 0. The molecule has 0 spiro atoms. The molecule has 1 aliphatic heterocycles. The number of nitrogens with zero attached hydrogens (tertiary/aromatic N) is 2. The fraction of sp³-hybridized carbons (Fsp3) is 0.156. The van der Waals surface area contributed by atoms with Crippen molar-refractivity contribution in [1.29, 1.82) is 0 Å². The second kappa shape index (κ2) is 13.8. The molecule has 0 aliphatic carbocycles. The van der Waals surface area contributed by atoms with Crippen LogP contribution in [0.5, 0.6) is 0 Å². The van der Waals surface area contributed by atoms with Gasteiger partial charge in [-0.15, -0.1) is 0 Å². The first-order valence-corrected chi connectivity index (χ1v) is 15.0. The molecule has 0 radical (unpaired) electrons. The van der Waals surface area contributed by atoms with Crippen molar-refractivity contribution in [2.45, 2.75) is 19.9 Å². The number of ether oxygens (including phenoxy) is 1. The molecule has 5 rings (SSSR count). The van der Waals surface area contributed by atoms with E-state index in [4.69, 9.17) is 16.3 Å². The Morgan fingerprint density at radius 1 is 0.956 bits per heavy atom. The van der Waals surface area contributed by atoms with Gasteiger partial charge in [0.05, 0.1) is 22.1 Å². The lowest BCUT2D eigenvalue weighted by Crippen LogP contribution is -2.36. The quantitative estimate of drug-likeness (QED) is 0.152. The smallest absolute Gasteiger partial charge is 0.339 e. The van der Waals surface area contributed by atoms with Crippen molar-refractivity contribution >= 4 is 80.6 Å². The van der Waals surface area contributed by atoms with Crippen LogP contribution in [-0.2, 0) is 25.7 Å². The molecule has 4 aromatic rings. The highest BCUT2D eigenvalue weighted by molar-refractivity contribution is 8.18. The molecule has 2 N–H and O–H groups in total. The van der Waals surface area contributed by atoms with Crippen LogP contribution in [0.4, 0.5) is 20.6 Å². The zero-order valence-corrected chi connectivity index (χ0v) is 25.4. The number of halogens is 2. The maximum Gasteiger partial charge on any atom is 0.339 e. The summed E-state index contributed by atoms with van der Waals surface area (Å²) in [5, 5.41) is 5.57. The van der Waals surface area contributed by atoms with Gasteiger partial charge in [-0.3, -0.25) is 24.1 Å². The molecule has 0 atom stereocenters. The average molecular weight is 649 g/mol. The van der Waals surface area contributed by atoms with Gasteiger partial charge in [0.15, 0.2) is 0 Å². The second-order valence-electron chi connectivity index (χ2n) is 9.93. The van der Waals surface area contributed by atoms with Gasteiger partial charge in [0.1, 0.15) is 18.9 Å². The predicted octanol–water partition coefficient (Wildman–Crippen LogP) is 6.31. The first-order chi connectivity index (χ1) is 21.6. The van der Waals surface area contributed by atoms with Gasteiger partial charge in [-0.1, -0.05) is 36.7 Å². The van der Waals surface area contributed by atoms with Crippen LogP contribution in [0.3, 0.4) is 0 Å². The number of aromatic nitrogens is 1. The van der Waals surface area contributed by atoms with Crippen LogP contribution >= 0.6 is 23.4 Å². The maximum atomic E-state index is 13.2. The summed E-state index contributed by atoms with van der Waals surface area (Å²) < 4.78 is 20.0. The third kappa shape index (κ3) is 7.41. The Morgan fingerprint density at radius 2 is 1.64 bits per heavy atom. The fourth-order valence-corrected chi connectivity index (χ4v) is 5.59. The molecular weight excluding hydrogens is 623 g/mol. The van der Waals surface area contributed by atoms with Crippen LogP contribution < -0.4 is 10.6 Å². The van der Waals surface area contributed by atoms with Crippen LogP contribution in [0.1, 0.15) is 29.3 Å². The average Bonchev–Trinajstić information content (AvgIpc) is 3.49. The molecule has 0 saturated carbocycles. The minimum absolute atomic E-state index is 0.0594. The minimum atomic E-state index is -0.655. The van der Waals surface area contributed by atoms with Crippen molar-refractivity contribution in [2.24, 2.45) is 0 Å². The molecule has 1 fully saturated rings. The number of nitrogens with one attached hydrogen (secondary N) is 2. The van der Waals surface area contributed by atoms with E-state index < -0.39 is 35.4 Å². The van der Waals surface area contributed by atoms with Crippen molar-refractivity contribution < 1.29 is 33.1 Å². The number of esters is 1. The monoisotopic (exact) mass is 648 g/mol. The Balaban J connectivity index is 1.29. The van der Waals surface area contributed by atoms with Crippen molar-refractivity contribution in [3.8, 4) is 0 Å². The third-order valence-corrected chi connectivity index (χ3v) is 7.87. The highest BCUT2D eigenvalue weighted by Gasteiger charge is 2.36. The molecule has 0 bridgehead atoms. The number of anilines is 2. The summed E-state index contributed by atoms with van der Waals surface area (Å²) in [6.07, 6.45) is 3.87. The van der Waals surface area contributed by atoms with Crippen molar-refractivity contribution in [2.75, 3.05) is 23.8 Å². The Kier molecular flexibility index (Phi) is 9.65. The highest BCUT2D eigenvalue weighted by Crippen LogP contribution is 2.34. The van der Waals surface area contributed by atoms with E-state index >= 15 is 0 Å². The molecule has 1 aromatic heterocycles. The molecule has 3 aromatic carbocycles. The number of amides is 4. The highest BCUT2D eigenvalue weighted by atomic mass is 35.5. The number of carbonyl (C=O) groups is 5. The predicted molar refractivity (Wildman–Crippen MR) is 170 cm³/mol. The van der Waals surface area contributed by atoms with Crippen LogP contribution in [0.25, 0.3) is 17.0 Å². The number of imide groups is 1. The van der Waals surface area contributed by atoms with E-state index in [9.17, 15) is 28.4 Å². The Hall–Kier alpha value is -4.94. The normalized spacial score (nSPS) is 13.8. The van der Waals surface area contributed by atoms with Crippen molar-refractivity contribution in [1.82, 2.24) is 9.47 Å². The maximum absolute atomic E-state index is 13.2. The molecule has 2 heterocycles. The van der Waals surface area contributed by atoms with Crippen LogP contribution in [0.2, 0.25) is 5.02 Å². The molecule has 45 heavy (non-hydrogen) atoms. The summed E-state index contributed by atoms with van der Waals surface area (Å²) in [4.78, 5) is 64.7. The Bertz CT molecular complexity index is 1860. The van der Waals surface area contributed by atoms with Gasteiger partial charge in [0.2, 0.25) is 11.8 Å². The molecule has 1 saturated heterocycles. The molecular formula is C32H26ClFN4O6S. The van der Waals surface area contributed by atoms with Crippen molar-refractivity contribution in [3.05, 3.63) is 99.8 Å². The number of fused-ring (bicyclic) bond motifs is 1. The van der Waals surface area contributed by atoms with E-state index in [1.165, 1.54) is 42.5 Å². The Labute approximate surface area is 266 Å². The zero-order valence-electron chi connectivity index (χ0n) is 23.8. The Morgan fingerprint density at radius 3 is 2.40 bits per heavy atom. The topological polar surface area (TPSA) is 127 Å². The van der Waals surface area contributed by atoms with Gasteiger partial charge in [-0.2, -0.15) is 0 Å². The van der Waals surface area contributed by atoms with E-state index in [0.717, 1.165) is 15.8 Å². The van der Waals surface area contributed by atoms with Gasteiger partial charge >= 0.3 is 5.97 Å². The minimum Gasteiger partial charge on any atom is -0.462 e. The van der Waals surface area contributed by atoms with E-state index in [1.54, 1.807) is 16.8 Å². The molecule has 4 amide bonds. The number of rotatable bonds is 10. The third-order valence-electron chi connectivity index (χ3n) is 6.63. The molecule has 13 heteroatoms. The standard InChI is InChI=1S/C32H26ClFN4O6S/c1-2-13-44-31(42)24-15-22(11-12-25(24)33)36-29(40)18-38-30(41)27(45-32(38)43)14-19-16-37(26-6-4-3-5-23(19)26)17-28(39)35-21-9-7-20(34)8-10-21/h3-12,14-16H,2,13,17-18H2,1H3,(H,35,39)(H,36,40)/b27-14-. The second-order valence-corrected chi connectivity index (χ2v) is 11.3. The summed E-state index contributed by atoms with van der Waals surface area (Å²) in [6.45, 7) is 1.46. The number of benzene rings is 3. The number of hydrogen-bond donors (Lipinski definition) is 2. The van der Waals surface area contributed by atoms with Gasteiger partial charge in [-0.25, -0.2) is 9.18 Å². The van der Waals surface area contributed by atoms with Gasteiger partial charge < -0.3 is 19.9 Å². The van der Waals surface area contributed by atoms with Crippen molar-refractivity contribution in [3.63, 3.8) is 0 Å². The number of thioether (sulfide) groups is 1. The summed E-state index contributed by atoms with van der Waals surface area (Å²) in [5.74, 6) is -2.70. The number of hydrogen-bond acceptors (Lipinski definition) is 7. The first-order valence-electron chi connectivity index (χ1n) is 13.8. The summed E-state index contributed by atoms with van der Waals surface area (Å²) in [6, 6.07) is 17.0. The van der Waals surface area contributed by atoms with E-state index in [-0.39, 0.29) is 40.2 Å². The van der Waals surface area contributed by atoms with E-state index in [2.05, 4.69) is 10.6 Å².